The van der Waals surface area contributed by atoms with Crippen LogP contribution in [0, 0.1) is 11.8 Å². The van der Waals surface area contributed by atoms with E-state index in [1.165, 1.54) is 5.57 Å². The van der Waals surface area contributed by atoms with Gasteiger partial charge in [-0.15, -0.1) is 0 Å². The molecule has 1 N–H and O–H groups in total. The van der Waals surface area contributed by atoms with Crippen LogP contribution in [0.2, 0.25) is 0 Å². The van der Waals surface area contributed by atoms with Crippen molar-refractivity contribution >= 4 is 0 Å². The Kier molecular flexibility index (Phi) is 2.72. The quantitative estimate of drug-likeness (QED) is 0.531. The molecule has 0 saturated carbocycles. The normalized spacial score (nSPS) is 39.6. The Labute approximate surface area is 69.1 Å². The lowest BCUT2D eigenvalue weighted by Crippen LogP contribution is -2.11. The van der Waals surface area contributed by atoms with Crippen molar-refractivity contribution in [3.8, 4) is 0 Å². The Morgan fingerprint density at radius 3 is 2.64 bits per heavy atom. The first kappa shape index (κ1) is 8.79. The van der Waals surface area contributed by atoms with Crippen LogP contribution in [0.15, 0.2) is 11.6 Å². The molecule has 0 heterocycles. The molecule has 1 aliphatic rings. The van der Waals surface area contributed by atoms with E-state index >= 15 is 0 Å². The van der Waals surface area contributed by atoms with Crippen molar-refractivity contribution in [2.75, 3.05) is 0 Å². The summed E-state index contributed by atoms with van der Waals surface area (Å²) in [7, 11) is 0. The molecule has 0 spiro atoms. The van der Waals surface area contributed by atoms with Crippen molar-refractivity contribution < 1.29 is 5.11 Å². The lowest BCUT2D eigenvalue weighted by atomic mass is 9.98. The first-order valence-corrected chi connectivity index (χ1v) is 4.46. The maximum Gasteiger partial charge on any atom is 0.0551 e. The van der Waals surface area contributed by atoms with Crippen molar-refractivity contribution in [1.82, 2.24) is 0 Å². The molecule has 0 bridgehead atoms. The van der Waals surface area contributed by atoms with Crippen LogP contribution in [-0.2, 0) is 0 Å². The fourth-order valence-electron chi connectivity index (χ4n) is 1.80. The molecule has 0 fully saturated rings. The molecule has 11 heavy (non-hydrogen) atoms. The molecule has 1 aliphatic carbocycles. The summed E-state index contributed by atoms with van der Waals surface area (Å²) in [5.41, 5.74) is 1.44. The van der Waals surface area contributed by atoms with Crippen molar-refractivity contribution in [3.63, 3.8) is 0 Å². The highest BCUT2D eigenvalue weighted by molar-refractivity contribution is 5.07. The van der Waals surface area contributed by atoms with Crippen LogP contribution in [-0.4, -0.2) is 11.2 Å². The monoisotopic (exact) mass is 154 g/mol. The Balaban J connectivity index is 2.67. The molecule has 0 amide bonds. The topological polar surface area (TPSA) is 20.2 Å². The minimum Gasteiger partial charge on any atom is -0.393 e. The highest BCUT2D eigenvalue weighted by Gasteiger charge is 2.18. The van der Waals surface area contributed by atoms with Gasteiger partial charge in [0, 0.05) is 0 Å². The summed E-state index contributed by atoms with van der Waals surface area (Å²) in [6.07, 6.45) is 4.07. The second-order valence-corrected chi connectivity index (χ2v) is 3.91. The smallest absolute Gasteiger partial charge is 0.0551 e. The van der Waals surface area contributed by atoms with Gasteiger partial charge in [-0.3, -0.25) is 0 Å². The number of aliphatic hydroxyl groups is 1. The van der Waals surface area contributed by atoms with Crippen molar-refractivity contribution in [1.29, 1.82) is 0 Å². The van der Waals surface area contributed by atoms with Gasteiger partial charge in [0.15, 0.2) is 0 Å². The summed E-state index contributed by atoms with van der Waals surface area (Å²) in [4.78, 5) is 0. The van der Waals surface area contributed by atoms with Crippen LogP contribution < -0.4 is 0 Å². The van der Waals surface area contributed by atoms with Gasteiger partial charge >= 0.3 is 0 Å². The molecule has 1 heteroatoms. The van der Waals surface area contributed by atoms with Crippen molar-refractivity contribution in [2.45, 2.75) is 39.7 Å². The van der Waals surface area contributed by atoms with Gasteiger partial charge in [-0.25, -0.2) is 0 Å². The summed E-state index contributed by atoms with van der Waals surface area (Å²) in [5, 5.41) is 9.51. The van der Waals surface area contributed by atoms with Gasteiger partial charge in [0.05, 0.1) is 6.10 Å². The minimum atomic E-state index is -0.0892. The molecular weight excluding hydrogens is 136 g/mol. The third-order valence-corrected chi connectivity index (χ3v) is 2.59. The van der Waals surface area contributed by atoms with E-state index in [4.69, 9.17) is 0 Å². The van der Waals surface area contributed by atoms with Crippen molar-refractivity contribution in [3.05, 3.63) is 11.6 Å². The molecule has 0 aromatic heterocycles. The maximum atomic E-state index is 9.51. The van der Waals surface area contributed by atoms with E-state index in [2.05, 4.69) is 26.8 Å². The second-order valence-electron chi connectivity index (χ2n) is 3.91. The van der Waals surface area contributed by atoms with E-state index in [1.54, 1.807) is 0 Å². The van der Waals surface area contributed by atoms with Crippen LogP contribution in [0.5, 0.6) is 0 Å². The summed E-state index contributed by atoms with van der Waals surface area (Å²) in [6.45, 7) is 6.52. The van der Waals surface area contributed by atoms with Gasteiger partial charge in [-0.05, 0) is 31.6 Å². The Bertz CT molecular complexity index is 160. The lowest BCUT2D eigenvalue weighted by Gasteiger charge is -2.12. The van der Waals surface area contributed by atoms with Gasteiger partial charge < -0.3 is 5.11 Å². The van der Waals surface area contributed by atoms with E-state index in [-0.39, 0.29) is 6.10 Å². The minimum absolute atomic E-state index is 0.0892. The lowest BCUT2D eigenvalue weighted by molar-refractivity contribution is 0.136. The predicted octanol–water partition coefficient (Wildman–Crippen LogP) is 2.36. The van der Waals surface area contributed by atoms with Crippen molar-refractivity contribution in [2.24, 2.45) is 11.8 Å². The second kappa shape index (κ2) is 3.40. The first-order chi connectivity index (χ1) is 5.09. The van der Waals surface area contributed by atoms with Crippen LogP contribution in [0.4, 0.5) is 0 Å². The Morgan fingerprint density at radius 2 is 2.00 bits per heavy atom. The first-order valence-electron chi connectivity index (χ1n) is 4.46. The number of aliphatic hydroxyl groups excluding tert-OH is 1. The fraction of sp³-hybridized carbons (Fsp3) is 0.800. The number of rotatable bonds is 0. The van der Waals surface area contributed by atoms with E-state index in [0.717, 1.165) is 12.8 Å². The molecule has 0 aromatic carbocycles. The summed E-state index contributed by atoms with van der Waals surface area (Å²) in [6, 6.07) is 0. The molecule has 1 nitrogen and oxygen atoms in total. The molecule has 3 atom stereocenters. The van der Waals surface area contributed by atoms with Gasteiger partial charge in [-0.2, -0.15) is 0 Å². The molecule has 3 unspecified atom stereocenters. The highest BCUT2D eigenvalue weighted by Crippen LogP contribution is 2.26. The van der Waals surface area contributed by atoms with Gasteiger partial charge in [-0.1, -0.05) is 25.5 Å². The van der Waals surface area contributed by atoms with Crippen LogP contribution >= 0.6 is 0 Å². The predicted molar refractivity (Wildman–Crippen MR) is 47.3 cm³/mol. The SMILES string of the molecule is CC1=CC(C)CC(O)CC1C. The number of allylic oxidation sites excluding steroid dienone is 2. The molecule has 64 valence electrons. The van der Waals surface area contributed by atoms with E-state index in [0.29, 0.717) is 11.8 Å². The van der Waals surface area contributed by atoms with E-state index < -0.39 is 0 Å². The van der Waals surface area contributed by atoms with Crippen LogP contribution in [0.1, 0.15) is 33.6 Å². The zero-order chi connectivity index (χ0) is 8.43. The number of hydrogen-bond donors (Lipinski definition) is 1. The molecule has 0 radical (unpaired) electrons. The third-order valence-electron chi connectivity index (χ3n) is 2.59. The average Bonchev–Trinajstić information content (AvgIpc) is 1.93. The molecule has 0 aromatic rings. The third kappa shape index (κ3) is 2.33. The summed E-state index contributed by atoms with van der Waals surface area (Å²) < 4.78 is 0. The molecular formula is C10H18O. The Morgan fingerprint density at radius 1 is 1.36 bits per heavy atom. The standard InChI is InChI=1S/C10H18O/c1-7-4-8(2)9(3)6-10(11)5-7/h4,7,9-11H,5-6H2,1-3H3. The largest absolute Gasteiger partial charge is 0.393 e. The van der Waals surface area contributed by atoms with Crippen LogP contribution in [0.3, 0.4) is 0 Å². The van der Waals surface area contributed by atoms with Gasteiger partial charge in [0.1, 0.15) is 0 Å². The average molecular weight is 154 g/mol. The van der Waals surface area contributed by atoms with Crippen LogP contribution in [0.25, 0.3) is 0 Å². The van der Waals surface area contributed by atoms with Gasteiger partial charge in [0.25, 0.3) is 0 Å². The highest BCUT2D eigenvalue weighted by atomic mass is 16.3. The maximum absolute atomic E-state index is 9.51. The van der Waals surface area contributed by atoms with E-state index in [9.17, 15) is 5.11 Å². The summed E-state index contributed by atoms with van der Waals surface area (Å²) in [5.74, 6) is 1.12. The fourth-order valence-corrected chi connectivity index (χ4v) is 1.80. The van der Waals surface area contributed by atoms with Gasteiger partial charge in [0.2, 0.25) is 0 Å². The Hall–Kier alpha value is -0.300. The zero-order valence-electron chi connectivity index (χ0n) is 7.67. The van der Waals surface area contributed by atoms with E-state index in [1.807, 2.05) is 0 Å². The summed E-state index contributed by atoms with van der Waals surface area (Å²) >= 11 is 0. The molecule has 0 aliphatic heterocycles. The molecule has 1 rings (SSSR count). The zero-order valence-corrected chi connectivity index (χ0v) is 7.67. The number of hydrogen-bond acceptors (Lipinski definition) is 1. The molecule has 0 saturated heterocycles.